The summed E-state index contributed by atoms with van der Waals surface area (Å²) in [6, 6.07) is 9.36. The summed E-state index contributed by atoms with van der Waals surface area (Å²) in [5, 5.41) is 12.6. The molecule has 1 atom stereocenters. The van der Waals surface area contributed by atoms with E-state index in [0.29, 0.717) is 13.0 Å². The first-order valence-electron chi connectivity index (χ1n) is 5.71. The van der Waals surface area contributed by atoms with Crippen LogP contribution >= 0.6 is 0 Å². The summed E-state index contributed by atoms with van der Waals surface area (Å²) < 4.78 is 0. The van der Waals surface area contributed by atoms with Crippen LogP contribution in [0.1, 0.15) is 32.3 Å². The van der Waals surface area contributed by atoms with E-state index in [9.17, 15) is 9.90 Å². The van der Waals surface area contributed by atoms with Gasteiger partial charge in [0.15, 0.2) is 0 Å². The zero-order chi connectivity index (χ0) is 12.0. The van der Waals surface area contributed by atoms with E-state index in [1.165, 1.54) is 0 Å². The predicted molar refractivity (Wildman–Crippen MR) is 64.3 cm³/mol. The van der Waals surface area contributed by atoms with Crippen molar-refractivity contribution < 1.29 is 9.90 Å². The first kappa shape index (κ1) is 12.7. The van der Waals surface area contributed by atoms with Gasteiger partial charge in [-0.2, -0.15) is 0 Å². The minimum absolute atomic E-state index is 0.534. The molecule has 0 spiro atoms. The third-order valence-corrected chi connectivity index (χ3v) is 2.84. The third kappa shape index (κ3) is 2.42. The lowest BCUT2D eigenvalue weighted by Crippen LogP contribution is -2.49. The average Bonchev–Trinajstić information content (AvgIpc) is 2.31. The molecule has 88 valence electrons. The Bertz CT molecular complexity index is 337. The number of hydrogen-bond acceptors (Lipinski definition) is 2. The standard InChI is InChI=1S/C13H19NO2/c1-3-10-14-13(4-2,12(15)16)11-8-6-5-7-9-11/h5-9,14H,3-4,10H2,1-2H3,(H,15,16). The van der Waals surface area contributed by atoms with Gasteiger partial charge in [-0.3, -0.25) is 5.32 Å². The van der Waals surface area contributed by atoms with Crippen molar-refractivity contribution in [3.05, 3.63) is 35.9 Å². The van der Waals surface area contributed by atoms with Gasteiger partial charge in [-0.25, -0.2) is 4.79 Å². The molecule has 0 aliphatic carbocycles. The number of benzene rings is 1. The first-order valence-corrected chi connectivity index (χ1v) is 5.71. The van der Waals surface area contributed by atoms with Gasteiger partial charge in [0.2, 0.25) is 0 Å². The summed E-state index contributed by atoms with van der Waals surface area (Å²) in [5.41, 5.74) is -0.129. The van der Waals surface area contributed by atoms with Crippen molar-refractivity contribution in [2.75, 3.05) is 6.54 Å². The lowest BCUT2D eigenvalue weighted by Gasteiger charge is -2.30. The zero-order valence-corrected chi connectivity index (χ0v) is 9.86. The molecule has 1 aromatic carbocycles. The van der Waals surface area contributed by atoms with E-state index < -0.39 is 11.5 Å². The fourth-order valence-electron chi connectivity index (χ4n) is 1.84. The summed E-state index contributed by atoms with van der Waals surface area (Å²) >= 11 is 0. The molecule has 3 heteroatoms. The molecule has 2 N–H and O–H groups in total. The van der Waals surface area contributed by atoms with Crippen molar-refractivity contribution in [2.45, 2.75) is 32.2 Å². The van der Waals surface area contributed by atoms with Crippen LogP contribution in [0.3, 0.4) is 0 Å². The molecule has 0 aliphatic heterocycles. The highest BCUT2D eigenvalue weighted by Gasteiger charge is 2.37. The third-order valence-electron chi connectivity index (χ3n) is 2.84. The van der Waals surface area contributed by atoms with E-state index in [1.807, 2.05) is 44.2 Å². The normalized spacial score (nSPS) is 14.4. The Hall–Kier alpha value is -1.35. The second kappa shape index (κ2) is 5.66. The molecular formula is C13H19NO2. The molecular weight excluding hydrogens is 202 g/mol. The van der Waals surface area contributed by atoms with Gasteiger partial charge in [0, 0.05) is 0 Å². The van der Waals surface area contributed by atoms with Crippen molar-refractivity contribution in [2.24, 2.45) is 0 Å². The van der Waals surface area contributed by atoms with Gasteiger partial charge in [-0.1, -0.05) is 44.2 Å². The summed E-state index contributed by atoms with van der Waals surface area (Å²) in [4.78, 5) is 11.5. The Balaban J connectivity index is 3.07. The van der Waals surface area contributed by atoms with Gasteiger partial charge in [0.25, 0.3) is 0 Å². The number of aliphatic carboxylic acids is 1. The number of carboxylic acid groups (broad SMARTS) is 1. The summed E-state index contributed by atoms with van der Waals surface area (Å²) in [6.45, 7) is 4.62. The molecule has 1 unspecified atom stereocenters. The van der Waals surface area contributed by atoms with E-state index in [4.69, 9.17) is 0 Å². The van der Waals surface area contributed by atoms with E-state index in [0.717, 1.165) is 12.0 Å². The number of hydrogen-bond donors (Lipinski definition) is 2. The van der Waals surface area contributed by atoms with E-state index in [-0.39, 0.29) is 0 Å². The van der Waals surface area contributed by atoms with Crippen LogP contribution in [-0.2, 0) is 10.3 Å². The van der Waals surface area contributed by atoms with Gasteiger partial charge < -0.3 is 5.11 Å². The Morgan fingerprint density at radius 2 is 1.94 bits per heavy atom. The fraction of sp³-hybridized carbons (Fsp3) is 0.462. The van der Waals surface area contributed by atoms with Gasteiger partial charge in [-0.05, 0) is 24.9 Å². The SMILES string of the molecule is CCCNC(CC)(C(=O)O)c1ccccc1. The van der Waals surface area contributed by atoms with Gasteiger partial charge in [-0.15, -0.1) is 0 Å². The highest BCUT2D eigenvalue weighted by molar-refractivity contribution is 5.80. The van der Waals surface area contributed by atoms with Crippen LogP contribution in [0.4, 0.5) is 0 Å². The molecule has 0 radical (unpaired) electrons. The molecule has 0 saturated heterocycles. The Kier molecular flexibility index (Phi) is 4.50. The number of carboxylic acids is 1. The van der Waals surface area contributed by atoms with Crippen LogP contribution in [0, 0.1) is 0 Å². The maximum atomic E-state index is 11.5. The number of carbonyl (C=O) groups is 1. The van der Waals surface area contributed by atoms with Crippen molar-refractivity contribution in [1.29, 1.82) is 0 Å². The minimum Gasteiger partial charge on any atom is -0.480 e. The van der Waals surface area contributed by atoms with Gasteiger partial charge in [0.1, 0.15) is 5.54 Å². The largest absolute Gasteiger partial charge is 0.480 e. The molecule has 3 nitrogen and oxygen atoms in total. The predicted octanol–water partition coefficient (Wildman–Crippen LogP) is 2.38. The van der Waals surface area contributed by atoms with E-state index in [1.54, 1.807) is 0 Å². The molecule has 0 aromatic heterocycles. The Morgan fingerprint density at radius 3 is 2.38 bits per heavy atom. The van der Waals surface area contributed by atoms with Crippen molar-refractivity contribution in [1.82, 2.24) is 5.32 Å². The molecule has 0 saturated carbocycles. The molecule has 1 aromatic rings. The van der Waals surface area contributed by atoms with Crippen LogP contribution in [0.5, 0.6) is 0 Å². The van der Waals surface area contributed by atoms with E-state index in [2.05, 4.69) is 5.32 Å². The lowest BCUT2D eigenvalue weighted by atomic mass is 9.87. The molecule has 0 bridgehead atoms. The van der Waals surface area contributed by atoms with Crippen LogP contribution in [0.2, 0.25) is 0 Å². The second-order valence-electron chi connectivity index (χ2n) is 3.86. The lowest BCUT2D eigenvalue weighted by molar-refractivity contribution is -0.145. The molecule has 0 heterocycles. The maximum absolute atomic E-state index is 11.5. The van der Waals surface area contributed by atoms with Crippen molar-refractivity contribution in [3.63, 3.8) is 0 Å². The van der Waals surface area contributed by atoms with Gasteiger partial charge >= 0.3 is 5.97 Å². The second-order valence-corrected chi connectivity index (χ2v) is 3.86. The average molecular weight is 221 g/mol. The van der Waals surface area contributed by atoms with E-state index >= 15 is 0 Å². The van der Waals surface area contributed by atoms with Crippen LogP contribution in [0.25, 0.3) is 0 Å². The molecule has 0 fully saturated rings. The molecule has 0 aliphatic rings. The van der Waals surface area contributed by atoms with Crippen LogP contribution < -0.4 is 5.32 Å². The maximum Gasteiger partial charge on any atom is 0.328 e. The van der Waals surface area contributed by atoms with Crippen molar-refractivity contribution >= 4 is 5.97 Å². The topological polar surface area (TPSA) is 49.3 Å². The number of rotatable bonds is 6. The van der Waals surface area contributed by atoms with Crippen LogP contribution in [-0.4, -0.2) is 17.6 Å². The molecule has 0 amide bonds. The Morgan fingerprint density at radius 1 is 1.31 bits per heavy atom. The summed E-state index contributed by atoms with van der Waals surface area (Å²) in [7, 11) is 0. The van der Waals surface area contributed by atoms with Gasteiger partial charge in [0.05, 0.1) is 0 Å². The van der Waals surface area contributed by atoms with Crippen LogP contribution in [0.15, 0.2) is 30.3 Å². The molecule has 1 rings (SSSR count). The fourth-order valence-corrected chi connectivity index (χ4v) is 1.84. The monoisotopic (exact) mass is 221 g/mol. The Labute approximate surface area is 96.5 Å². The highest BCUT2D eigenvalue weighted by Crippen LogP contribution is 2.25. The summed E-state index contributed by atoms with van der Waals surface area (Å²) in [6.07, 6.45) is 1.45. The first-order chi connectivity index (χ1) is 7.67. The quantitative estimate of drug-likeness (QED) is 0.775. The molecule has 16 heavy (non-hydrogen) atoms. The highest BCUT2D eigenvalue weighted by atomic mass is 16.4. The number of nitrogens with one attached hydrogen (secondary N) is 1. The smallest absolute Gasteiger partial charge is 0.328 e. The minimum atomic E-state index is -0.947. The zero-order valence-electron chi connectivity index (χ0n) is 9.86. The van der Waals surface area contributed by atoms with Crippen molar-refractivity contribution in [3.8, 4) is 0 Å². The summed E-state index contributed by atoms with van der Waals surface area (Å²) in [5.74, 6) is -0.811.